The van der Waals surface area contributed by atoms with Gasteiger partial charge in [0.05, 0.1) is 18.8 Å². The second-order valence-corrected chi connectivity index (χ2v) is 8.72. The van der Waals surface area contributed by atoms with Gasteiger partial charge in [0.2, 0.25) is 0 Å². The number of hydrogen-bond acceptors (Lipinski definition) is 3. The smallest absolute Gasteiger partial charge is 0.128 e. The summed E-state index contributed by atoms with van der Waals surface area (Å²) in [6, 6.07) is 14.4. The lowest BCUT2D eigenvalue weighted by molar-refractivity contribution is 0.389. The first kappa shape index (κ1) is 19.5. The van der Waals surface area contributed by atoms with Crippen LogP contribution in [-0.2, 0) is 0 Å². The summed E-state index contributed by atoms with van der Waals surface area (Å²) in [5, 5.41) is 9.70. The van der Waals surface area contributed by atoms with E-state index in [9.17, 15) is 5.26 Å². The highest BCUT2D eigenvalue weighted by Crippen LogP contribution is 2.45. The molecule has 3 nitrogen and oxygen atoms in total. The van der Waals surface area contributed by atoms with E-state index in [2.05, 4.69) is 66.9 Å². The summed E-state index contributed by atoms with van der Waals surface area (Å²) >= 11 is 3.44. The zero-order valence-electron chi connectivity index (χ0n) is 16.5. The molecule has 0 fully saturated rings. The summed E-state index contributed by atoms with van der Waals surface area (Å²) in [7, 11) is 3.82. The second kappa shape index (κ2) is 7.40. The Morgan fingerprint density at radius 3 is 2.56 bits per heavy atom. The normalized spacial score (nSPS) is 18.6. The molecule has 0 saturated carbocycles. The topological polar surface area (TPSA) is 36.3 Å². The molecule has 2 aromatic carbocycles. The first-order chi connectivity index (χ1) is 12.8. The number of nitriles is 1. The summed E-state index contributed by atoms with van der Waals surface area (Å²) in [6.45, 7) is 6.82. The molecule has 140 valence electrons. The van der Waals surface area contributed by atoms with Gasteiger partial charge in [-0.1, -0.05) is 35.0 Å². The standard InChI is InChI=1S/C23H25BrN2O/c1-15-13-23(2,3)26(4)21-12-22(27-5)17(11-20(15)21)10-18(14-25)16-6-8-19(24)9-7-16/h6-12,15H,13H2,1-5H3/b18-10+. The van der Waals surface area contributed by atoms with Crippen LogP contribution in [0.1, 0.15) is 49.8 Å². The van der Waals surface area contributed by atoms with Crippen molar-refractivity contribution < 1.29 is 4.74 Å². The molecule has 0 amide bonds. The molecule has 0 spiro atoms. The van der Waals surface area contributed by atoms with Gasteiger partial charge in [-0.2, -0.15) is 5.26 Å². The van der Waals surface area contributed by atoms with Crippen LogP contribution in [0, 0.1) is 11.3 Å². The average Bonchev–Trinajstić information content (AvgIpc) is 2.64. The van der Waals surface area contributed by atoms with Crippen LogP contribution in [0.2, 0.25) is 0 Å². The fourth-order valence-electron chi connectivity index (χ4n) is 3.87. The molecule has 0 aliphatic carbocycles. The minimum absolute atomic E-state index is 0.101. The highest BCUT2D eigenvalue weighted by atomic mass is 79.9. The first-order valence-electron chi connectivity index (χ1n) is 9.10. The zero-order chi connectivity index (χ0) is 19.8. The lowest BCUT2D eigenvalue weighted by Crippen LogP contribution is -2.45. The molecule has 0 saturated heterocycles. The van der Waals surface area contributed by atoms with Crippen molar-refractivity contribution in [3.8, 4) is 11.8 Å². The van der Waals surface area contributed by atoms with Crippen molar-refractivity contribution in [1.29, 1.82) is 5.26 Å². The maximum atomic E-state index is 9.70. The minimum atomic E-state index is 0.101. The van der Waals surface area contributed by atoms with Crippen LogP contribution in [0.5, 0.6) is 5.75 Å². The quantitative estimate of drug-likeness (QED) is 0.431. The Morgan fingerprint density at radius 2 is 1.96 bits per heavy atom. The van der Waals surface area contributed by atoms with Gasteiger partial charge in [-0.15, -0.1) is 0 Å². The number of rotatable bonds is 3. The maximum Gasteiger partial charge on any atom is 0.128 e. The molecule has 1 aliphatic heterocycles. The van der Waals surface area contributed by atoms with Gasteiger partial charge in [0.25, 0.3) is 0 Å². The fourth-order valence-corrected chi connectivity index (χ4v) is 4.13. The number of hydrogen-bond donors (Lipinski definition) is 0. The van der Waals surface area contributed by atoms with Gasteiger partial charge in [-0.3, -0.25) is 0 Å². The van der Waals surface area contributed by atoms with E-state index in [0.717, 1.165) is 27.8 Å². The molecule has 4 heteroatoms. The van der Waals surface area contributed by atoms with Gasteiger partial charge in [0.15, 0.2) is 0 Å². The highest BCUT2D eigenvalue weighted by Gasteiger charge is 2.34. The number of nitrogens with zero attached hydrogens (tertiary/aromatic N) is 2. The Bertz CT molecular complexity index is 923. The van der Waals surface area contributed by atoms with Gasteiger partial charge in [-0.25, -0.2) is 0 Å². The van der Waals surface area contributed by atoms with Crippen molar-refractivity contribution in [1.82, 2.24) is 0 Å². The van der Waals surface area contributed by atoms with E-state index in [0.29, 0.717) is 11.5 Å². The van der Waals surface area contributed by atoms with E-state index >= 15 is 0 Å². The number of methoxy groups -OCH3 is 1. The Hall–Kier alpha value is -2.25. The fraction of sp³-hybridized carbons (Fsp3) is 0.348. The van der Waals surface area contributed by atoms with Crippen molar-refractivity contribution in [2.75, 3.05) is 19.1 Å². The van der Waals surface area contributed by atoms with E-state index < -0.39 is 0 Å². The van der Waals surface area contributed by atoms with Crippen LogP contribution in [0.25, 0.3) is 11.6 Å². The molecule has 1 aliphatic rings. The molecule has 1 unspecified atom stereocenters. The highest BCUT2D eigenvalue weighted by molar-refractivity contribution is 9.10. The maximum absolute atomic E-state index is 9.70. The Labute approximate surface area is 170 Å². The number of fused-ring (bicyclic) bond motifs is 1. The molecule has 0 N–H and O–H groups in total. The molecule has 0 radical (unpaired) electrons. The molecule has 27 heavy (non-hydrogen) atoms. The molecular weight excluding hydrogens is 400 g/mol. The van der Waals surface area contributed by atoms with Crippen LogP contribution in [0.15, 0.2) is 40.9 Å². The molecule has 1 atom stereocenters. The van der Waals surface area contributed by atoms with Crippen molar-refractivity contribution in [2.45, 2.75) is 38.6 Å². The molecule has 0 aromatic heterocycles. The van der Waals surface area contributed by atoms with Crippen LogP contribution in [-0.4, -0.2) is 19.7 Å². The zero-order valence-corrected chi connectivity index (χ0v) is 18.1. The Morgan fingerprint density at radius 1 is 1.30 bits per heavy atom. The third-order valence-corrected chi connectivity index (χ3v) is 6.09. The van der Waals surface area contributed by atoms with E-state index in [1.165, 1.54) is 11.3 Å². The van der Waals surface area contributed by atoms with Gasteiger partial charge in [0, 0.05) is 34.4 Å². The lowest BCUT2D eigenvalue weighted by Gasteiger charge is -2.45. The number of ether oxygens (including phenoxy) is 1. The minimum Gasteiger partial charge on any atom is -0.496 e. The van der Waals surface area contributed by atoms with Crippen molar-refractivity contribution in [3.05, 3.63) is 57.6 Å². The number of allylic oxidation sites excluding steroid dienone is 1. The van der Waals surface area contributed by atoms with Crippen LogP contribution >= 0.6 is 15.9 Å². The van der Waals surface area contributed by atoms with Crippen molar-refractivity contribution >= 4 is 33.3 Å². The van der Waals surface area contributed by atoms with Crippen LogP contribution in [0.4, 0.5) is 5.69 Å². The second-order valence-electron chi connectivity index (χ2n) is 7.81. The predicted octanol–water partition coefficient (Wildman–Crippen LogP) is 6.24. The number of benzene rings is 2. The van der Waals surface area contributed by atoms with Crippen molar-refractivity contribution in [2.24, 2.45) is 0 Å². The average molecular weight is 425 g/mol. The summed E-state index contributed by atoms with van der Waals surface area (Å²) in [5.41, 5.74) is 5.07. The Kier molecular flexibility index (Phi) is 5.35. The largest absolute Gasteiger partial charge is 0.496 e. The van der Waals surface area contributed by atoms with E-state index in [1.807, 2.05) is 30.3 Å². The third-order valence-electron chi connectivity index (χ3n) is 5.56. The molecular formula is C23H25BrN2O. The lowest BCUT2D eigenvalue weighted by atomic mass is 9.79. The van der Waals surface area contributed by atoms with Crippen molar-refractivity contribution in [3.63, 3.8) is 0 Å². The van der Waals surface area contributed by atoms with Gasteiger partial charge in [-0.05, 0) is 61.6 Å². The molecule has 2 aromatic rings. The molecule has 1 heterocycles. The van der Waals surface area contributed by atoms with E-state index in [1.54, 1.807) is 7.11 Å². The summed E-state index contributed by atoms with van der Waals surface area (Å²) in [4.78, 5) is 2.33. The van der Waals surface area contributed by atoms with Gasteiger partial charge < -0.3 is 9.64 Å². The monoisotopic (exact) mass is 424 g/mol. The first-order valence-corrected chi connectivity index (χ1v) is 9.89. The number of anilines is 1. The summed E-state index contributed by atoms with van der Waals surface area (Å²) in [5.74, 6) is 1.23. The van der Waals surface area contributed by atoms with E-state index in [-0.39, 0.29) is 5.54 Å². The summed E-state index contributed by atoms with van der Waals surface area (Å²) in [6.07, 6.45) is 3.01. The van der Waals surface area contributed by atoms with Crippen LogP contribution in [0.3, 0.4) is 0 Å². The molecule has 3 rings (SSSR count). The SMILES string of the molecule is COc1cc2c(cc1/C=C(\C#N)c1ccc(Br)cc1)C(C)CC(C)(C)N2C. The molecule has 0 bridgehead atoms. The third kappa shape index (κ3) is 3.75. The van der Waals surface area contributed by atoms with Gasteiger partial charge >= 0.3 is 0 Å². The van der Waals surface area contributed by atoms with Crippen LogP contribution < -0.4 is 9.64 Å². The number of halogens is 1. The summed E-state index contributed by atoms with van der Waals surface area (Å²) < 4.78 is 6.67. The predicted molar refractivity (Wildman–Crippen MR) is 116 cm³/mol. The van der Waals surface area contributed by atoms with Gasteiger partial charge in [0.1, 0.15) is 5.75 Å². The Balaban J connectivity index is 2.13. The van der Waals surface area contributed by atoms with E-state index in [4.69, 9.17) is 4.74 Å².